The summed E-state index contributed by atoms with van der Waals surface area (Å²) < 4.78 is 5.40. The summed E-state index contributed by atoms with van der Waals surface area (Å²) in [5.74, 6) is 0.532. The number of hydrogen-bond acceptors (Lipinski definition) is 4. The topological polar surface area (TPSA) is 84.7 Å². The number of amides is 2. The molecule has 6 heteroatoms. The summed E-state index contributed by atoms with van der Waals surface area (Å²) in [7, 11) is 1.71. The van der Waals surface area contributed by atoms with Crippen LogP contribution < -0.4 is 20.7 Å². The van der Waals surface area contributed by atoms with Gasteiger partial charge in [0.15, 0.2) is 6.61 Å². The molecule has 0 atom stereocenters. The van der Waals surface area contributed by atoms with E-state index in [1.165, 1.54) is 6.42 Å². The van der Waals surface area contributed by atoms with E-state index >= 15 is 0 Å². The predicted molar refractivity (Wildman–Crippen MR) is 93.2 cm³/mol. The molecule has 2 aliphatic rings. The van der Waals surface area contributed by atoms with Gasteiger partial charge in [-0.25, -0.2) is 0 Å². The van der Waals surface area contributed by atoms with Gasteiger partial charge in [0.1, 0.15) is 5.75 Å². The summed E-state index contributed by atoms with van der Waals surface area (Å²) in [6, 6.07) is 5.36. The van der Waals surface area contributed by atoms with Gasteiger partial charge in [0.25, 0.3) is 5.91 Å². The van der Waals surface area contributed by atoms with Gasteiger partial charge in [0, 0.05) is 19.2 Å². The van der Waals surface area contributed by atoms with Crippen molar-refractivity contribution in [3.8, 4) is 5.75 Å². The highest BCUT2D eigenvalue weighted by Crippen LogP contribution is 2.39. The number of fused-ring (bicyclic) bond motifs is 1. The Morgan fingerprint density at radius 3 is 2.79 bits per heavy atom. The molecule has 0 saturated heterocycles. The number of benzene rings is 1. The van der Waals surface area contributed by atoms with Crippen LogP contribution in [0, 0.1) is 5.41 Å². The van der Waals surface area contributed by atoms with Crippen molar-refractivity contribution in [2.24, 2.45) is 11.1 Å². The van der Waals surface area contributed by atoms with Crippen molar-refractivity contribution < 1.29 is 14.3 Å². The third-order valence-corrected chi connectivity index (χ3v) is 5.21. The first-order valence-corrected chi connectivity index (χ1v) is 8.56. The molecule has 3 rings (SSSR count). The standard InChI is InChI=1S/C18H25N3O3/c1-21-14-9-13(5-6-15(14)24-11-17(21)23)20-16(22)10-18(12-19)7-3-2-4-8-18/h5-6,9H,2-4,7-8,10-12,19H2,1H3,(H,20,22). The maximum atomic E-state index is 12.5. The molecule has 1 aromatic rings. The molecular formula is C18H25N3O3. The van der Waals surface area contributed by atoms with Crippen LogP contribution in [0.1, 0.15) is 38.5 Å². The first kappa shape index (κ1) is 16.8. The van der Waals surface area contributed by atoms with Crippen molar-refractivity contribution in [1.82, 2.24) is 0 Å². The van der Waals surface area contributed by atoms with Crippen LogP contribution in [-0.2, 0) is 9.59 Å². The monoisotopic (exact) mass is 331 g/mol. The van der Waals surface area contributed by atoms with Gasteiger partial charge >= 0.3 is 0 Å². The average molecular weight is 331 g/mol. The molecule has 1 heterocycles. The fourth-order valence-electron chi connectivity index (χ4n) is 3.65. The predicted octanol–water partition coefficient (Wildman–Crippen LogP) is 2.28. The first-order chi connectivity index (χ1) is 11.5. The molecule has 1 fully saturated rings. The Morgan fingerprint density at radius 1 is 1.33 bits per heavy atom. The Morgan fingerprint density at radius 2 is 2.08 bits per heavy atom. The van der Waals surface area contributed by atoms with Crippen molar-refractivity contribution in [2.45, 2.75) is 38.5 Å². The molecule has 24 heavy (non-hydrogen) atoms. The highest BCUT2D eigenvalue weighted by molar-refractivity contribution is 5.99. The Bertz CT molecular complexity index is 638. The lowest BCUT2D eigenvalue weighted by Crippen LogP contribution is -2.37. The van der Waals surface area contributed by atoms with Gasteiger partial charge in [-0.2, -0.15) is 0 Å². The second kappa shape index (κ2) is 6.81. The number of nitrogens with two attached hydrogens (primary N) is 1. The number of carbonyl (C=O) groups excluding carboxylic acids is 2. The van der Waals surface area contributed by atoms with E-state index in [4.69, 9.17) is 10.5 Å². The van der Waals surface area contributed by atoms with Gasteiger partial charge in [-0.15, -0.1) is 0 Å². The van der Waals surface area contributed by atoms with Gasteiger partial charge in [-0.3, -0.25) is 9.59 Å². The zero-order chi connectivity index (χ0) is 17.2. The molecular weight excluding hydrogens is 306 g/mol. The van der Waals surface area contributed by atoms with E-state index in [-0.39, 0.29) is 23.8 Å². The zero-order valence-corrected chi connectivity index (χ0v) is 14.1. The second-order valence-corrected chi connectivity index (χ2v) is 6.91. The van der Waals surface area contributed by atoms with E-state index in [0.29, 0.717) is 30.1 Å². The number of ether oxygens (including phenoxy) is 1. The van der Waals surface area contributed by atoms with Crippen LogP contribution in [0.15, 0.2) is 18.2 Å². The Kier molecular flexibility index (Phi) is 4.76. The lowest BCUT2D eigenvalue weighted by molar-refractivity contribution is -0.121. The summed E-state index contributed by atoms with van der Waals surface area (Å²) in [4.78, 5) is 25.8. The number of nitrogens with one attached hydrogen (secondary N) is 1. The molecule has 0 radical (unpaired) electrons. The van der Waals surface area contributed by atoms with Gasteiger partial charge in [-0.1, -0.05) is 19.3 Å². The quantitative estimate of drug-likeness (QED) is 0.886. The highest BCUT2D eigenvalue weighted by Gasteiger charge is 2.33. The molecule has 2 amide bonds. The van der Waals surface area contributed by atoms with Crippen LogP contribution >= 0.6 is 0 Å². The number of nitrogens with zero attached hydrogens (tertiary/aromatic N) is 1. The van der Waals surface area contributed by atoms with E-state index in [1.807, 2.05) is 0 Å². The summed E-state index contributed by atoms with van der Waals surface area (Å²) in [6.07, 6.45) is 6.01. The van der Waals surface area contributed by atoms with Crippen LogP contribution in [0.4, 0.5) is 11.4 Å². The normalized spacial score (nSPS) is 19.4. The minimum atomic E-state index is -0.102. The van der Waals surface area contributed by atoms with Crippen LogP contribution in [0.25, 0.3) is 0 Å². The maximum Gasteiger partial charge on any atom is 0.264 e. The SMILES string of the molecule is CN1C(=O)COc2ccc(NC(=O)CC3(CN)CCCCC3)cc21. The van der Waals surface area contributed by atoms with Crippen LogP contribution in [0.3, 0.4) is 0 Å². The van der Waals surface area contributed by atoms with E-state index in [0.717, 1.165) is 25.7 Å². The summed E-state index contributed by atoms with van der Waals surface area (Å²) >= 11 is 0. The van der Waals surface area contributed by atoms with Gasteiger partial charge < -0.3 is 20.7 Å². The molecule has 1 aliphatic heterocycles. The number of rotatable bonds is 4. The summed E-state index contributed by atoms with van der Waals surface area (Å²) in [6.45, 7) is 0.601. The van der Waals surface area contributed by atoms with Crippen LogP contribution in [-0.4, -0.2) is 32.0 Å². The van der Waals surface area contributed by atoms with E-state index < -0.39 is 0 Å². The first-order valence-electron chi connectivity index (χ1n) is 8.56. The molecule has 0 bridgehead atoms. The molecule has 3 N–H and O–H groups in total. The molecule has 1 aliphatic carbocycles. The van der Waals surface area contributed by atoms with Crippen LogP contribution in [0.2, 0.25) is 0 Å². The van der Waals surface area contributed by atoms with Gasteiger partial charge in [0.2, 0.25) is 5.91 Å². The molecule has 0 unspecified atom stereocenters. The van der Waals surface area contributed by atoms with Crippen molar-refractivity contribution in [1.29, 1.82) is 0 Å². The molecule has 6 nitrogen and oxygen atoms in total. The minimum absolute atomic E-state index is 0.0204. The number of anilines is 2. The Balaban J connectivity index is 1.69. The smallest absolute Gasteiger partial charge is 0.264 e. The van der Waals surface area contributed by atoms with Gasteiger partial charge in [0.05, 0.1) is 5.69 Å². The van der Waals surface area contributed by atoms with Crippen molar-refractivity contribution in [3.63, 3.8) is 0 Å². The average Bonchev–Trinajstić information content (AvgIpc) is 2.59. The van der Waals surface area contributed by atoms with Crippen molar-refractivity contribution >= 4 is 23.2 Å². The van der Waals surface area contributed by atoms with Crippen molar-refractivity contribution in [2.75, 3.05) is 30.4 Å². The molecule has 130 valence electrons. The van der Waals surface area contributed by atoms with E-state index in [2.05, 4.69) is 5.32 Å². The largest absolute Gasteiger partial charge is 0.482 e. The van der Waals surface area contributed by atoms with E-state index in [9.17, 15) is 9.59 Å². The fraction of sp³-hybridized carbons (Fsp3) is 0.556. The molecule has 1 saturated carbocycles. The fourth-order valence-corrected chi connectivity index (χ4v) is 3.65. The van der Waals surface area contributed by atoms with Crippen LogP contribution in [0.5, 0.6) is 5.75 Å². The van der Waals surface area contributed by atoms with Gasteiger partial charge in [-0.05, 0) is 43.0 Å². The minimum Gasteiger partial charge on any atom is -0.482 e. The Hall–Kier alpha value is -2.08. The molecule has 0 spiro atoms. The second-order valence-electron chi connectivity index (χ2n) is 6.91. The highest BCUT2D eigenvalue weighted by atomic mass is 16.5. The molecule has 0 aromatic heterocycles. The Labute approximate surface area is 142 Å². The molecule has 1 aromatic carbocycles. The lowest BCUT2D eigenvalue weighted by atomic mass is 9.71. The third kappa shape index (κ3) is 3.38. The number of likely N-dealkylation sites (N-methyl/N-ethyl adjacent to an activating group) is 1. The lowest BCUT2D eigenvalue weighted by Gasteiger charge is -2.35. The number of carbonyl (C=O) groups is 2. The third-order valence-electron chi connectivity index (χ3n) is 5.21. The zero-order valence-electron chi connectivity index (χ0n) is 14.1. The maximum absolute atomic E-state index is 12.5. The summed E-state index contributed by atoms with van der Waals surface area (Å²) in [5.41, 5.74) is 7.25. The van der Waals surface area contributed by atoms with Crippen molar-refractivity contribution in [3.05, 3.63) is 18.2 Å². The summed E-state index contributed by atoms with van der Waals surface area (Å²) in [5, 5.41) is 2.95. The van der Waals surface area contributed by atoms with E-state index in [1.54, 1.807) is 30.1 Å². The number of hydrogen-bond donors (Lipinski definition) is 2.